The molecule has 3 unspecified atom stereocenters. The Morgan fingerprint density at radius 3 is 2.60 bits per heavy atom. The number of aromatic nitrogens is 3. The maximum Gasteiger partial charge on any atom is 0.231 e. The fourth-order valence-electron chi connectivity index (χ4n) is 4.09. The van der Waals surface area contributed by atoms with Crippen LogP contribution >= 0.6 is 0 Å². The molecule has 3 fully saturated rings. The molecule has 4 rings (SSSR count). The van der Waals surface area contributed by atoms with E-state index in [-0.39, 0.29) is 0 Å². The lowest BCUT2D eigenvalue weighted by molar-refractivity contribution is 0.438. The highest BCUT2D eigenvalue weighted by molar-refractivity contribution is 5.43. The summed E-state index contributed by atoms with van der Waals surface area (Å²) in [5.41, 5.74) is 5.85. The van der Waals surface area contributed by atoms with Gasteiger partial charge in [0, 0.05) is 19.1 Å². The average Bonchev–Trinajstić information content (AvgIpc) is 3.16. The number of nitrogens with two attached hydrogens (primary N) is 1. The fourth-order valence-corrected chi connectivity index (χ4v) is 4.09. The van der Waals surface area contributed by atoms with Crippen LogP contribution in [0, 0.1) is 11.8 Å². The van der Waals surface area contributed by atoms with Gasteiger partial charge in [-0.2, -0.15) is 15.0 Å². The molecule has 6 heteroatoms. The lowest BCUT2D eigenvalue weighted by Gasteiger charge is -2.23. The molecule has 108 valence electrons. The van der Waals surface area contributed by atoms with Gasteiger partial charge < -0.3 is 16.0 Å². The van der Waals surface area contributed by atoms with Crippen molar-refractivity contribution in [3.05, 3.63) is 0 Å². The second kappa shape index (κ2) is 4.75. The van der Waals surface area contributed by atoms with Crippen molar-refractivity contribution in [3.63, 3.8) is 0 Å². The molecule has 1 aromatic rings. The summed E-state index contributed by atoms with van der Waals surface area (Å²) in [6.07, 6.45) is 7.80. The second-order valence-electron chi connectivity index (χ2n) is 6.44. The average molecular weight is 274 g/mol. The molecule has 3 N–H and O–H groups in total. The number of fused-ring (bicyclic) bond motifs is 2. The zero-order valence-corrected chi connectivity index (χ0v) is 11.8. The molecule has 3 aliphatic rings. The van der Waals surface area contributed by atoms with E-state index in [0.29, 0.717) is 17.9 Å². The molecule has 0 spiro atoms. The maximum atomic E-state index is 5.85. The van der Waals surface area contributed by atoms with Crippen LogP contribution in [-0.4, -0.2) is 34.1 Å². The van der Waals surface area contributed by atoms with E-state index in [1.807, 2.05) is 0 Å². The first-order valence-electron chi connectivity index (χ1n) is 7.81. The molecule has 1 saturated heterocycles. The first-order valence-corrected chi connectivity index (χ1v) is 7.81. The Bertz CT molecular complexity index is 498. The maximum absolute atomic E-state index is 5.85. The van der Waals surface area contributed by atoms with Gasteiger partial charge in [0.25, 0.3) is 0 Å². The zero-order chi connectivity index (χ0) is 13.5. The third-order valence-corrected chi connectivity index (χ3v) is 5.08. The summed E-state index contributed by atoms with van der Waals surface area (Å²) in [5, 5.41) is 3.51. The van der Waals surface area contributed by atoms with E-state index in [9.17, 15) is 0 Å². The van der Waals surface area contributed by atoms with Crippen molar-refractivity contribution in [2.24, 2.45) is 11.8 Å². The summed E-state index contributed by atoms with van der Waals surface area (Å²) in [4.78, 5) is 15.3. The Labute approximate surface area is 119 Å². The predicted octanol–water partition coefficient (Wildman–Crippen LogP) is 1.65. The highest BCUT2D eigenvalue weighted by Crippen LogP contribution is 2.45. The van der Waals surface area contributed by atoms with Gasteiger partial charge in [-0.3, -0.25) is 0 Å². The highest BCUT2D eigenvalue weighted by atomic mass is 15.3. The van der Waals surface area contributed by atoms with Crippen molar-refractivity contribution in [2.45, 2.75) is 44.6 Å². The van der Waals surface area contributed by atoms with Gasteiger partial charge in [-0.15, -0.1) is 0 Å². The number of rotatable bonds is 3. The normalized spacial score (nSPS) is 32.0. The minimum atomic E-state index is 0.326. The number of nitrogen functional groups attached to an aromatic ring is 1. The molecule has 3 atom stereocenters. The van der Waals surface area contributed by atoms with Gasteiger partial charge in [0.1, 0.15) is 0 Å². The minimum Gasteiger partial charge on any atom is -0.368 e. The summed E-state index contributed by atoms with van der Waals surface area (Å²) >= 11 is 0. The van der Waals surface area contributed by atoms with Crippen LogP contribution in [0.5, 0.6) is 0 Å². The summed E-state index contributed by atoms with van der Waals surface area (Å²) in [6, 6.07) is 0.530. The monoisotopic (exact) mass is 274 g/mol. The van der Waals surface area contributed by atoms with E-state index in [4.69, 9.17) is 5.73 Å². The molecule has 2 aliphatic carbocycles. The van der Waals surface area contributed by atoms with Crippen LogP contribution in [0.2, 0.25) is 0 Å². The molecule has 2 bridgehead atoms. The second-order valence-corrected chi connectivity index (χ2v) is 6.44. The van der Waals surface area contributed by atoms with Crippen molar-refractivity contribution in [2.75, 3.05) is 29.0 Å². The van der Waals surface area contributed by atoms with Crippen LogP contribution < -0.4 is 16.0 Å². The van der Waals surface area contributed by atoms with Crippen molar-refractivity contribution in [3.8, 4) is 0 Å². The predicted molar refractivity (Wildman–Crippen MR) is 78.5 cm³/mol. The van der Waals surface area contributed by atoms with Gasteiger partial charge in [-0.05, 0) is 43.9 Å². The Balaban J connectivity index is 1.52. The third-order valence-electron chi connectivity index (χ3n) is 5.08. The Kier molecular flexibility index (Phi) is 2.89. The van der Waals surface area contributed by atoms with Crippen molar-refractivity contribution in [1.29, 1.82) is 0 Å². The first kappa shape index (κ1) is 12.2. The summed E-state index contributed by atoms with van der Waals surface area (Å²) < 4.78 is 0. The molecule has 20 heavy (non-hydrogen) atoms. The van der Waals surface area contributed by atoms with E-state index >= 15 is 0 Å². The number of anilines is 3. The van der Waals surface area contributed by atoms with Gasteiger partial charge in [-0.25, -0.2) is 0 Å². The topological polar surface area (TPSA) is 80.0 Å². The number of nitrogens with one attached hydrogen (secondary N) is 1. The van der Waals surface area contributed by atoms with Gasteiger partial charge >= 0.3 is 0 Å². The van der Waals surface area contributed by atoms with Crippen molar-refractivity contribution < 1.29 is 0 Å². The Morgan fingerprint density at radius 2 is 1.90 bits per heavy atom. The zero-order valence-electron chi connectivity index (χ0n) is 11.8. The summed E-state index contributed by atoms with van der Waals surface area (Å²) in [5.74, 6) is 3.44. The quantitative estimate of drug-likeness (QED) is 0.872. The standard InChI is InChI=1S/C14H22N6/c15-12-17-13(16-11-8-9-3-4-10(11)7-9)19-14(18-12)20-5-1-2-6-20/h9-11H,1-8H2,(H3,15,16,17,18,19). The molecule has 2 saturated carbocycles. The van der Waals surface area contributed by atoms with E-state index in [1.54, 1.807) is 0 Å². The summed E-state index contributed by atoms with van der Waals surface area (Å²) in [7, 11) is 0. The van der Waals surface area contributed by atoms with Gasteiger partial charge in [-0.1, -0.05) is 6.42 Å². The lowest BCUT2D eigenvalue weighted by Crippen LogP contribution is -2.28. The van der Waals surface area contributed by atoms with E-state index < -0.39 is 0 Å². The number of hydrogen-bond donors (Lipinski definition) is 2. The molecule has 6 nitrogen and oxygen atoms in total. The molecule has 1 aromatic heterocycles. The van der Waals surface area contributed by atoms with Gasteiger partial charge in [0.2, 0.25) is 17.8 Å². The molecule has 0 radical (unpaired) electrons. The van der Waals surface area contributed by atoms with Gasteiger partial charge in [0.05, 0.1) is 0 Å². The fraction of sp³-hybridized carbons (Fsp3) is 0.786. The van der Waals surface area contributed by atoms with Crippen LogP contribution in [0.3, 0.4) is 0 Å². The Hall–Kier alpha value is -1.59. The number of hydrogen-bond acceptors (Lipinski definition) is 6. The van der Waals surface area contributed by atoms with Crippen LogP contribution in [0.15, 0.2) is 0 Å². The van der Waals surface area contributed by atoms with Crippen LogP contribution in [0.25, 0.3) is 0 Å². The summed E-state index contributed by atoms with van der Waals surface area (Å²) in [6.45, 7) is 2.05. The van der Waals surface area contributed by atoms with Gasteiger partial charge in [0.15, 0.2) is 0 Å². The minimum absolute atomic E-state index is 0.326. The highest BCUT2D eigenvalue weighted by Gasteiger charge is 2.39. The van der Waals surface area contributed by atoms with Crippen molar-refractivity contribution in [1.82, 2.24) is 15.0 Å². The smallest absolute Gasteiger partial charge is 0.231 e. The molecule has 0 aromatic carbocycles. The molecular weight excluding hydrogens is 252 g/mol. The van der Waals surface area contributed by atoms with E-state index in [2.05, 4.69) is 25.2 Å². The first-order chi connectivity index (χ1) is 9.78. The Morgan fingerprint density at radius 1 is 1.05 bits per heavy atom. The molecular formula is C14H22N6. The molecule has 0 amide bonds. The third kappa shape index (κ3) is 2.17. The van der Waals surface area contributed by atoms with E-state index in [0.717, 1.165) is 30.9 Å². The van der Waals surface area contributed by atoms with Crippen LogP contribution in [0.1, 0.15) is 38.5 Å². The van der Waals surface area contributed by atoms with Crippen molar-refractivity contribution >= 4 is 17.8 Å². The lowest BCUT2D eigenvalue weighted by atomic mass is 9.95. The van der Waals surface area contributed by atoms with Crippen LogP contribution in [0.4, 0.5) is 17.8 Å². The van der Waals surface area contributed by atoms with Crippen LogP contribution in [-0.2, 0) is 0 Å². The number of nitrogens with zero attached hydrogens (tertiary/aromatic N) is 4. The SMILES string of the molecule is Nc1nc(NC2CC3CCC2C3)nc(N2CCCC2)n1. The largest absolute Gasteiger partial charge is 0.368 e. The molecule has 2 heterocycles. The van der Waals surface area contributed by atoms with E-state index in [1.165, 1.54) is 38.5 Å². The molecule has 1 aliphatic heterocycles.